The summed E-state index contributed by atoms with van der Waals surface area (Å²) in [4.78, 5) is 6.96. The highest BCUT2D eigenvalue weighted by Crippen LogP contribution is 2.31. The van der Waals surface area contributed by atoms with Crippen LogP contribution in [0.3, 0.4) is 0 Å². The van der Waals surface area contributed by atoms with Crippen LogP contribution >= 0.6 is 11.6 Å². The second-order valence-corrected chi connectivity index (χ2v) is 7.56. The lowest BCUT2D eigenvalue weighted by Gasteiger charge is -2.20. The summed E-state index contributed by atoms with van der Waals surface area (Å²) in [6, 6.07) is 22.0. The van der Waals surface area contributed by atoms with Gasteiger partial charge in [0.1, 0.15) is 17.3 Å². The van der Waals surface area contributed by atoms with Crippen LogP contribution in [-0.2, 0) is 6.54 Å². The average molecular weight is 418 g/mol. The highest BCUT2D eigenvalue weighted by Gasteiger charge is 2.18. The van der Waals surface area contributed by atoms with E-state index in [1.807, 2.05) is 43.4 Å². The van der Waals surface area contributed by atoms with E-state index in [9.17, 15) is 4.39 Å². The van der Waals surface area contributed by atoms with Crippen molar-refractivity contribution < 1.29 is 4.39 Å². The Bertz CT molecular complexity index is 1370. The minimum atomic E-state index is -0.331. The molecule has 7 heteroatoms. The van der Waals surface area contributed by atoms with Crippen LogP contribution in [-0.4, -0.2) is 26.9 Å². The lowest BCUT2D eigenvalue weighted by molar-refractivity contribution is 0.628. The van der Waals surface area contributed by atoms with Crippen molar-refractivity contribution in [3.63, 3.8) is 0 Å². The van der Waals surface area contributed by atoms with Crippen LogP contribution < -0.4 is 4.90 Å². The van der Waals surface area contributed by atoms with Gasteiger partial charge in [0.2, 0.25) is 0 Å². The van der Waals surface area contributed by atoms with E-state index < -0.39 is 0 Å². The number of rotatable bonds is 4. The Morgan fingerprint density at radius 3 is 2.63 bits per heavy atom. The van der Waals surface area contributed by atoms with Gasteiger partial charge in [-0.15, -0.1) is 5.10 Å². The third-order valence-electron chi connectivity index (χ3n) is 5.01. The number of fused-ring (bicyclic) bond motifs is 3. The number of nitrogens with zero attached hydrogens (tertiary/aromatic N) is 5. The van der Waals surface area contributed by atoms with E-state index in [1.165, 1.54) is 12.1 Å². The molecule has 30 heavy (non-hydrogen) atoms. The smallest absolute Gasteiger partial charge is 0.186 e. The minimum absolute atomic E-state index is 0.331. The molecule has 5 rings (SSSR count). The molecule has 0 atom stereocenters. The lowest BCUT2D eigenvalue weighted by Crippen LogP contribution is -2.18. The normalized spacial score (nSPS) is 11.3. The largest absolute Gasteiger partial charge is 0.355 e. The number of anilines is 1. The van der Waals surface area contributed by atoms with Crippen molar-refractivity contribution in [3.8, 4) is 11.3 Å². The fourth-order valence-corrected chi connectivity index (χ4v) is 3.79. The molecule has 148 valence electrons. The summed E-state index contributed by atoms with van der Waals surface area (Å²) in [5, 5.41) is 10.1. The quantitative estimate of drug-likeness (QED) is 0.394. The first-order chi connectivity index (χ1) is 14.6. The van der Waals surface area contributed by atoms with Crippen molar-refractivity contribution in [2.45, 2.75) is 6.54 Å². The van der Waals surface area contributed by atoms with Crippen molar-refractivity contribution in [2.24, 2.45) is 0 Å². The SMILES string of the molecule is CN(Cc1ccccc1)c1nc2c(-c3cccc(F)c3)nnn2c2ccc(Cl)cc12. The van der Waals surface area contributed by atoms with Crippen LogP contribution in [0.1, 0.15) is 5.56 Å². The topological polar surface area (TPSA) is 46.3 Å². The summed E-state index contributed by atoms with van der Waals surface area (Å²) in [6.45, 7) is 0.669. The standard InChI is InChI=1S/C23H17ClFN5/c1-29(14-15-6-3-2-4-7-15)22-19-13-17(24)10-11-20(19)30-23(26-22)21(27-28-30)16-8-5-9-18(25)12-16/h2-13H,14H2,1H3. The molecule has 5 nitrogen and oxygen atoms in total. The van der Waals surface area contributed by atoms with Gasteiger partial charge in [0, 0.05) is 29.6 Å². The molecule has 2 aromatic heterocycles. The fraction of sp³-hybridized carbons (Fsp3) is 0.0870. The van der Waals surface area contributed by atoms with E-state index in [1.54, 1.807) is 16.6 Å². The molecule has 0 amide bonds. The first kappa shape index (κ1) is 18.5. The molecular formula is C23H17ClFN5. The maximum absolute atomic E-state index is 13.8. The Kier molecular flexibility index (Phi) is 4.56. The minimum Gasteiger partial charge on any atom is -0.355 e. The van der Waals surface area contributed by atoms with Crippen LogP contribution in [0.4, 0.5) is 10.2 Å². The van der Waals surface area contributed by atoms with E-state index in [2.05, 4.69) is 27.3 Å². The van der Waals surface area contributed by atoms with E-state index in [-0.39, 0.29) is 5.82 Å². The zero-order valence-electron chi connectivity index (χ0n) is 16.1. The summed E-state index contributed by atoms with van der Waals surface area (Å²) in [7, 11) is 1.98. The highest BCUT2D eigenvalue weighted by atomic mass is 35.5. The molecule has 0 spiro atoms. The Morgan fingerprint density at radius 1 is 1.00 bits per heavy atom. The zero-order chi connectivity index (χ0) is 20.7. The van der Waals surface area contributed by atoms with Crippen LogP contribution in [0.15, 0.2) is 72.8 Å². The third kappa shape index (κ3) is 3.25. The maximum atomic E-state index is 13.8. The van der Waals surface area contributed by atoms with Gasteiger partial charge in [-0.25, -0.2) is 9.37 Å². The van der Waals surface area contributed by atoms with Gasteiger partial charge in [-0.1, -0.05) is 59.3 Å². The molecule has 0 aliphatic carbocycles. The molecule has 0 radical (unpaired) electrons. The van der Waals surface area contributed by atoms with Crippen molar-refractivity contribution >= 4 is 34.0 Å². The second-order valence-electron chi connectivity index (χ2n) is 7.12. The maximum Gasteiger partial charge on any atom is 0.186 e. The molecule has 0 aliphatic heterocycles. The summed E-state index contributed by atoms with van der Waals surface area (Å²) in [6.07, 6.45) is 0. The second kappa shape index (κ2) is 7.39. The third-order valence-corrected chi connectivity index (χ3v) is 5.24. The summed E-state index contributed by atoms with van der Waals surface area (Å²) in [5.41, 5.74) is 3.71. The van der Waals surface area contributed by atoms with Crippen LogP contribution in [0, 0.1) is 5.82 Å². The van der Waals surface area contributed by atoms with E-state index in [0.717, 1.165) is 22.3 Å². The monoisotopic (exact) mass is 417 g/mol. The molecule has 0 unspecified atom stereocenters. The summed E-state index contributed by atoms with van der Waals surface area (Å²) < 4.78 is 15.5. The molecular weight excluding hydrogens is 401 g/mol. The lowest BCUT2D eigenvalue weighted by atomic mass is 10.1. The number of aromatic nitrogens is 4. The van der Waals surface area contributed by atoms with Gasteiger partial charge in [-0.05, 0) is 35.9 Å². The average Bonchev–Trinajstić information content (AvgIpc) is 3.17. The van der Waals surface area contributed by atoms with Gasteiger partial charge >= 0.3 is 0 Å². The van der Waals surface area contributed by atoms with Crippen LogP contribution in [0.25, 0.3) is 27.8 Å². The van der Waals surface area contributed by atoms with E-state index >= 15 is 0 Å². The van der Waals surface area contributed by atoms with Gasteiger partial charge in [-0.3, -0.25) is 0 Å². The number of hydrogen-bond acceptors (Lipinski definition) is 4. The van der Waals surface area contributed by atoms with Crippen molar-refractivity contribution in [1.29, 1.82) is 0 Å². The predicted molar refractivity (Wildman–Crippen MR) is 117 cm³/mol. The fourth-order valence-electron chi connectivity index (χ4n) is 3.62. The Hall–Kier alpha value is -3.51. The Labute approximate surface area is 177 Å². The van der Waals surface area contributed by atoms with E-state index in [4.69, 9.17) is 16.6 Å². The molecule has 2 heterocycles. The first-order valence-corrected chi connectivity index (χ1v) is 9.83. The van der Waals surface area contributed by atoms with Crippen molar-refractivity contribution in [3.05, 3.63) is 89.2 Å². The molecule has 0 fully saturated rings. The van der Waals surface area contributed by atoms with Crippen molar-refractivity contribution in [2.75, 3.05) is 11.9 Å². The molecule has 0 saturated carbocycles. The molecule has 0 bridgehead atoms. The van der Waals surface area contributed by atoms with Crippen LogP contribution in [0.5, 0.6) is 0 Å². The predicted octanol–water partition coefficient (Wildman–Crippen LogP) is 5.37. The molecule has 0 saturated heterocycles. The van der Waals surface area contributed by atoms with Crippen molar-refractivity contribution in [1.82, 2.24) is 19.8 Å². The number of benzene rings is 3. The molecule has 0 N–H and O–H groups in total. The van der Waals surface area contributed by atoms with E-state index in [0.29, 0.717) is 28.5 Å². The van der Waals surface area contributed by atoms with Crippen LogP contribution in [0.2, 0.25) is 5.02 Å². The van der Waals surface area contributed by atoms with Gasteiger partial charge in [0.05, 0.1) is 5.52 Å². The molecule has 3 aromatic carbocycles. The Morgan fingerprint density at radius 2 is 1.83 bits per heavy atom. The van der Waals surface area contributed by atoms with Gasteiger partial charge in [0.15, 0.2) is 5.65 Å². The summed E-state index contributed by atoms with van der Waals surface area (Å²) >= 11 is 6.29. The number of hydrogen-bond donors (Lipinski definition) is 0. The Balaban J connectivity index is 1.73. The highest BCUT2D eigenvalue weighted by molar-refractivity contribution is 6.31. The molecule has 5 aromatic rings. The van der Waals surface area contributed by atoms with Gasteiger partial charge in [0.25, 0.3) is 0 Å². The van der Waals surface area contributed by atoms with Gasteiger partial charge in [-0.2, -0.15) is 4.52 Å². The number of halogens is 2. The van der Waals surface area contributed by atoms with Gasteiger partial charge < -0.3 is 4.90 Å². The molecule has 0 aliphatic rings. The first-order valence-electron chi connectivity index (χ1n) is 9.46. The zero-order valence-corrected chi connectivity index (χ0v) is 16.9. The summed E-state index contributed by atoms with van der Waals surface area (Å²) in [5.74, 6) is 0.423.